The van der Waals surface area contributed by atoms with E-state index in [2.05, 4.69) is 11.0 Å². The first-order valence-electron chi connectivity index (χ1n) is 10.2. The van der Waals surface area contributed by atoms with Gasteiger partial charge in [0.1, 0.15) is 23.3 Å². The number of ether oxygens (including phenoxy) is 1. The number of aliphatic hydroxyl groups excluding tert-OH is 1. The van der Waals surface area contributed by atoms with Crippen LogP contribution in [0.4, 0.5) is 5.82 Å². The molecule has 2 heterocycles. The zero-order valence-corrected chi connectivity index (χ0v) is 18.4. The number of benzene rings is 1. The number of anilines is 1. The van der Waals surface area contributed by atoms with E-state index in [-0.39, 0.29) is 11.2 Å². The van der Waals surface area contributed by atoms with E-state index in [4.69, 9.17) is 10.00 Å². The minimum absolute atomic E-state index is 0.322. The van der Waals surface area contributed by atoms with E-state index in [1.54, 1.807) is 31.3 Å². The quantitative estimate of drug-likeness (QED) is 0.707. The Bertz CT molecular complexity index is 1070. The number of nitrogens with zero attached hydrogens (tertiary/aromatic N) is 5. The molecule has 3 rings (SSSR count). The zero-order chi connectivity index (χ0) is 22.8. The van der Waals surface area contributed by atoms with Gasteiger partial charge in [-0.15, -0.1) is 0 Å². The summed E-state index contributed by atoms with van der Waals surface area (Å²) in [5.74, 6) is 1.21. The maximum atomic E-state index is 12.2. The number of hydrogen-bond donors (Lipinski definition) is 1. The van der Waals surface area contributed by atoms with E-state index in [1.807, 2.05) is 18.7 Å². The van der Waals surface area contributed by atoms with E-state index in [0.717, 1.165) is 4.57 Å². The maximum Gasteiger partial charge on any atom is 0.332 e. The Balaban J connectivity index is 1.59. The maximum absolute atomic E-state index is 12.2. The molecule has 1 N–H and O–H groups in total. The van der Waals surface area contributed by atoms with Crippen molar-refractivity contribution in [2.24, 2.45) is 14.1 Å². The van der Waals surface area contributed by atoms with Crippen molar-refractivity contribution >= 4 is 5.82 Å². The molecule has 1 aliphatic heterocycles. The minimum Gasteiger partial charge on any atom is -0.485 e. The first kappa shape index (κ1) is 22.6. The van der Waals surface area contributed by atoms with Crippen LogP contribution < -0.4 is 20.9 Å². The first-order chi connectivity index (χ1) is 14.6. The Kier molecular flexibility index (Phi) is 6.53. The summed E-state index contributed by atoms with van der Waals surface area (Å²) in [6.45, 7) is 6.77. The number of piperazine rings is 1. The second-order valence-corrected chi connectivity index (χ2v) is 8.39. The molecule has 0 spiro atoms. The van der Waals surface area contributed by atoms with Crippen molar-refractivity contribution in [1.82, 2.24) is 14.0 Å². The van der Waals surface area contributed by atoms with E-state index in [1.165, 1.54) is 17.7 Å². The van der Waals surface area contributed by atoms with Crippen molar-refractivity contribution in [3.63, 3.8) is 0 Å². The van der Waals surface area contributed by atoms with E-state index in [0.29, 0.717) is 49.9 Å². The molecule has 1 unspecified atom stereocenters. The average molecular weight is 428 g/mol. The predicted octanol–water partition coefficient (Wildman–Crippen LogP) is 0.296. The van der Waals surface area contributed by atoms with Crippen LogP contribution in [0.5, 0.6) is 5.75 Å². The number of nitriles is 1. The largest absolute Gasteiger partial charge is 0.485 e. The molecule has 1 aromatic carbocycles. The van der Waals surface area contributed by atoms with Crippen LogP contribution in [0.1, 0.15) is 19.4 Å². The molecule has 2 aromatic rings. The van der Waals surface area contributed by atoms with E-state index >= 15 is 0 Å². The van der Waals surface area contributed by atoms with Crippen LogP contribution >= 0.6 is 0 Å². The molecule has 1 fully saturated rings. The number of aliphatic hydroxyl groups is 1. The van der Waals surface area contributed by atoms with Gasteiger partial charge in [0.2, 0.25) is 0 Å². The van der Waals surface area contributed by atoms with Gasteiger partial charge in [0, 0.05) is 52.9 Å². The standard InChI is InChI=1S/C22H29N5O4/c1-22(2,31-17-7-5-16(14-23)6-8-17)18(28)15-26-9-11-27(12-10-26)19-13-20(29)25(4)21(30)24(19)3/h5-8,13,18,28H,9-12,15H2,1-4H3. The number of β-amino-alcohol motifs (C(OH)–C–C–N with tert-alkyl or cyclic N) is 1. The van der Waals surface area contributed by atoms with Gasteiger partial charge in [0.05, 0.1) is 11.6 Å². The van der Waals surface area contributed by atoms with Crippen molar-refractivity contribution in [1.29, 1.82) is 5.26 Å². The third kappa shape index (κ3) is 4.98. The molecule has 0 amide bonds. The molecule has 9 heteroatoms. The average Bonchev–Trinajstić information content (AvgIpc) is 2.75. The summed E-state index contributed by atoms with van der Waals surface area (Å²) < 4.78 is 8.55. The lowest BCUT2D eigenvalue weighted by Crippen LogP contribution is -2.54. The summed E-state index contributed by atoms with van der Waals surface area (Å²) in [5, 5.41) is 19.7. The zero-order valence-electron chi connectivity index (χ0n) is 18.4. The fourth-order valence-electron chi connectivity index (χ4n) is 3.62. The molecule has 0 radical (unpaired) electrons. The van der Waals surface area contributed by atoms with E-state index in [9.17, 15) is 14.7 Å². The molecule has 0 aliphatic carbocycles. The van der Waals surface area contributed by atoms with Crippen molar-refractivity contribution in [2.45, 2.75) is 25.6 Å². The van der Waals surface area contributed by atoms with Crippen molar-refractivity contribution in [2.75, 3.05) is 37.6 Å². The van der Waals surface area contributed by atoms with Crippen LogP contribution in [-0.2, 0) is 14.1 Å². The van der Waals surface area contributed by atoms with Crippen molar-refractivity contribution < 1.29 is 9.84 Å². The van der Waals surface area contributed by atoms with Crippen LogP contribution in [0.25, 0.3) is 0 Å². The molecular formula is C22H29N5O4. The second-order valence-electron chi connectivity index (χ2n) is 8.39. The minimum atomic E-state index is -0.819. The van der Waals surface area contributed by atoms with Crippen LogP contribution in [-0.4, -0.2) is 63.6 Å². The molecule has 31 heavy (non-hydrogen) atoms. The Morgan fingerprint density at radius 2 is 1.71 bits per heavy atom. The van der Waals surface area contributed by atoms with Gasteiger partial charge >= 0.3 is 5.69 Å². The van der Waals surface area contributed by atoms with E-state index < -0.39 is 11.7 Å². The molecule has 1 atom stereocenters. The summed E-state index contributed by atoms with van der Waals surface area (Å²) in [6.07, 6.45) is -0.733. The molecule has 9 nitrogen and oxygen atoms in total. The number of hydrogen-bond acceptors (Lipinski definition) is 7. The first-order valence-corrected chi connectivity index (χ1v) is 10.2. The number of rotatable bonds is 6. The second kappa shape index (κ2) is 8.96. The van der Waals surface area contributed by atoms with Gasteiger partial charge in [-0.3, -0.25) is 18.8 Å². The number of aromatic nitrogens is 2. The Morgan fingerprint density at radius 3 is 2.29 bits per heavy atom. The van der Waals surface area contributed by atoms with Gasteiger partial charge in [-0.25, -0.2) is 4.79 Å². The van der Waals surface area contributed by atoms with Gasteiger partial charge in [0.15, 0.2) is 0 Å². The summed E-state index contributed by atoms with van der Waals surface area (Å²) in [5.41, 5.74) is -0.932. The molecule has 166 valence electrons. The topological polar surface area (TPSA) is 104 Å². The molecule has 1 aromatic heterocycles. The van der Waals surface area contributed by atoms with Crippen LogP contribution in [0.2, 0.25) is 0 Å². The Morgan fingerprint density at radius 1 is 1.10 bits per heavy atom. The smallest absolute Gasteiger partial charge is 0.332 e. The van der Waals surface area contributed by atoms with Gasteiger partial charge in [-0.05, 0) is 38.1 Å². The Labute approximate surface area is 181 Å². The molecular weight excluding hydrogens is 398 g/mol. The van der Waals surface area contributed by atoms with Gasteiger partial charge < -0.3 is 14.7 Å². The third-order valence-electron chi connectivity index (χ3n) is 5.79. The summed E-state index contributed by atoms with van der Waals surface area (Å²) in [4.78, 5) is 28.4. The van der Waals surface area contributed by atoms with Gasteiger partial charge in [-0.1, -0.05) is 0 Å². The van der Waals surface area contributed by atoms with Gasteiger partial charge in [-0.2, -0.15) is 5.26 Å². The molecule has 1 aliphatic rings. The Hall–Kier alpha value is -3.09. The highest BCUT2D eigenvalue weighted by molar-refractivity contribution is 5.39. The molecule has 0 saturated carbocycles. The summed E-state index contributed by atoms with van der Waals surface area (Å²) >= 11 is 0. The fourth-order valence-corrected chi connectivity index (χ4v) is 3.62. The van der Waals surface area contributed by atoms with Crippen molar-refractivity contribution in [3.05, 3.63) is 56.7 Å². The SMILES string of the molecule is Cn1c(N2CCN(CC(O)C(C)(C)Oc3ccc(C#N)cc3)CC2)cc(=O)n(C)c1=O. The third-order valence-corrected chi connectivity index (χ3v) is 5.79. The lowest BCUT2D eigenvalue weighted by Gasteiger charge is -2.40. The molecule has 1 saturated heterocycles. The van der Waals surface area contributed by atoms with Gasteiger partial charge in [0.25, 0.3) is 5.56 Å². The van der Waals surface area contributed by atoms with Crippen LogP contribution in [0.3, 0.4) is 0 Å². The monoisotopic (exact) mass is 427 g/mol. The van der Waals surface area contributed by atoms with Crippen LogP contribution in [0.15, 0.2) is 39.9 Å². The lowest BCUT2D eigenvalue weighted by molar-refractivity contribution is -0.0449. The summed E-state index contributed by atoms with van der Waals surface area (Å²) in [6, 6.07) is 10.4. The lowest BCUT2D eigenvalue weighted by atomic mass is 10.0. The van der Waals surface area contributed by atoms with Crippen molar-refractivity contribution in [3.8, 4) is 11.8 Å². The predicted molar refractivity (Wildman–Crippen MR) is 117 cm³/mol. The highest BCUT2D eigenvalue weighted by atomic mass is 16.5. The highest BCUT2D eigenvalue weighted by Gasteiger charge is 2.32. The highest BCUT2D eigenvalue weighted by Crippen LogP contribution is 2.23. The fraction of sp³-hybridized carbons (Fsp3) is 0.500. The molecule has 0 bridgehead atoms. The normalized spacial score (nSPS) is 16.1. The summed E-state index contributed by atoms with van der Waals surface area (Å²) in [7, 11) is 3.13. The van der Waals surface area contributed by atoms with Crippen LogP contribution in [0, 0.1) is 11.3 Å².